The van der Waals surface area contributed by atoms with Gasteiger partial charge in [-0.25, -0.2) is 0 Å². The van der Waals surface area contributed by atoms with Crippen LogP contribution in [0.3, 0.4) is 0 Å². The Kier molecular flexibility index (Phi) is 6.24. The van der Waals surface area contributed by atoms with Crippen LogP contribution in [-0.2, 0) is 4.74 Å². The lowest BCUT2D eigenvalue weighted by atomic mass is 10.1. The molecule has 0 spiro atoms. The predicted octanol–water partition coefficient (Wildman–Crippen LogP) is 0.0500. The van der Waals surface area contributed by atoms with Crippen molar-refractivity contribution in [3.05, 3.63) is 29.8 Å². The number of ketones is 1. The Morgan fingerprint density at radius 1 is 1.41 bits per heavy atom. The van der Waals surface area contributed by atoms with Gasteiger partial charge in [-0.2, -0.15) is 0 Å². The molecule has 0 saturated carbocycles. The molecule has 1 aromatic carbocycles. The number of hydrogen-bond donors (Lipinski definition) is 3. The normalized spacial score (nSPS) is 10.4. The van der Waals surface area contributed by atoms with Gasteiger partial charge in [-0.05, 0) is 12.1 Å². The summed E-state index contributed by atoms with van der Waals surface area (Å²) in [6, 6.07) is 6.90. The van der Waals surface area contributed by atoms with Crippen molar-refractivity contribution in [3.63, 3.8) is 0 Å². The van der Waals surface area contributed by atoms with Crippen LogP contribution < -0.4 is 11.1 Å². The zero-order chi connectivity index (χ0) is 12.5. The number of rotatable bonds is 8. The van der Waals surface area contributed by atoms with Gasteiger partial charge in [-0.1, -0.05) is 12.1 Å². The molecule has 5 nitrogen and oxygen atoms in total. The molecular formula is C12H18N2O3. The number of nitrogens with two attached hydrogens (primary N) is 1. The van der Waals surface area contributed by atoms with Gasteiger partial charge in [-0.15, -0.1) is 0 Å². The molecule has 0 unspecified atom stereocenters. The summed E-state index contributed by atoms with van der Waals surface area (Å²) in [6.45, 7) is 1.65. The average Bonchev–Trinajstić information content (AvgIpc) is 2.33. The average molecular weight is 238 g/mol. The van der Waals surface area contributed by atoms with Crippen LogP contribution in [0, 0.1) is 0 Å². The lowest BCUT2D eigenvalue weighted by Crippen LogP contribution is -2.27. The highest BCUT2D eigenvalue weighted by Crippen LogP contribution is 2.06. The molecular weight excluding hydrogens is 220 g/mol. The number of anilines is 1. The molecule has 4 N–H and O–H groups in total. The zero-order valence-corrected chi connectivity index (χ0v) is 9.69. The maximum absolute atomic E-state index is 11.7. The first-order valence-corrected chi connectivity index (χ1v) is 5.52. The molecule has 0 radical (unpaired) electrons. The van der Waals surface area contributed by atoms with E-state index in [1.54, 1.807) is 24.3 Å². The van der Waals surface area contributed by atoms with E-state index in [0.717, 1.165) is 0 Å². The molecule has 1 rings (SSSR count). The number of nitrogens with one attached hydrogen (secondary N) is 1. The van der Waals surface area contributed by atoms with Gasteiger partial charge < -0.3 is 20.9 Å². The van der Waals surface area contributed by atoms with Crippen LogP contribution in [0.1, 0.15) is 10.4 Å². The Morgan fingerprint density at radius 2 is 2.24 bits per heavy atom. The van der Waals surface area contributed by atoms with E-state index in [2.05, 4.69) is 5.32 Å². The fourth-order valence-electron chi connectivity index (χ4n) is 1.33. The molecule has 0 bridgehead atoms. The number of ether oxygens (including phenoxy) is 1. The molecule has 0 aliphatic carbocycles. The van der Waals surface area contributed by atoms with Crippen molar-refractivity contribution >= 4 is 11.5 Å². The van der Waals surface area contributed by atoms with Gasteiger partial charge in [0.2, 0.25) is 0 Å². The highest BCUT2D eigenvalue weighted by atomic mass is 16.5. The van der Waals surface area contributed by atoms with Crippen molar-refractivity contribution in [2.75, 3.05) is 38.6 Å². The smallest absolute Gasteiger partial charge is 0.176 e. The molecule has 0 heterocycles. The SMILES string of the molecule is Nc1cccc(C(=O)CNCCOCCO)c1. The van der Waals surface area contributed by atoms with E-state index in [1.165, 1.54) is 0 Å². The highest BCUT2D eigenvalue weighted by molar-refractivity contribution is 5.98. The van der Waals surface area contributed by atoms with Gasteiger partial charge in [0.25, 0.3) is 0 Å². The summed E-state index contributed by atoms with van der Waals surface area (Å²) in [7, 11) is 0. The van der Waals surface area contributed by atoms with E-state index in [-0.39, 0.29) is 18.9 Å². The molecule has 0 aromatic heterocycles. The van der Waals surface area contributed by atoms with E-state index >= 15 is 0 Å². The minimum Gasteiger partial charge on any atom is -0.399 e. The van der Waals surface area contributed by atoms with Crippen molar-refractivity contribution in [2.24, 2.45) is 0 Å². The van der Waals surface area contributed by atoms with Crippen LogP contribution in [0.25, 0.3) is 0 Å². The maximum Gasteiger partial charge on any atom is 0.176 e. The number of aliphatic hydroxyl groups is 1. The Morgan fingerprint density at radius 3 is 2.94 bits per heavy atom. The van der Waals surface area contributed by atoms with Crippen LogP contribution in [0.5, 0.6) is 0 Å². The highest BCUT2D eigenvalue weighted by Gasteiger charge is 2.04. The van der Waals surface area contributed by atoms with Crippen LogP contribution in [0.4, 0.5) is 5.69 Å². The first kappa shape index (κ1) is 13.6. The summed E-state index contributed by atoms with van der Waals surface area (Å²) >= 11 is 0. The topological polar surface area (TPSA) is 84.6 Å². The minimum atomic E-state index is -0.000502. The van der Waals surface area contributed by atoms with Crippen LogP contribution in [0.2, 0.25) is 0 Å². The van der Waals surface area contributed by atoms with E-state index in [1.807, 2.05) is 0 Å². The summed E-state index contributed by atoms with van der Waals surface area (Å²) in [5.74, 6) is -0.000502. The number of aliphatic hydroxyl groups excluding tert-OH is 1. The van der Waals surface area contributed by atoms with E-state index in [4.69, 9.17) is 15.6 Å². The third-order valence-electron chi connectivity index (χ3n) is 2.15. The van der Waals surface area contributed by atoms with E-state index in [0.29, 0.717) is 31.0 Å². The molecule has 94 valence electrons. The maximum atomic E-state index is 11.7. The first-order valence-electron chi connectivity index (χ1n) is 5.52. The van der Waals surface area contributed by atoms with Crippen LogP contribution in [-0.4, -0.2) is 43.8 Å². The first-order chi connectivity index (χ1) is 8.24. The van der Waals surface area contributed by atoms with Crippen molar-refractivity contribution in [3.8, 4) is 0 Å². The van der Waals surface area contributed by atoms with Gasteiger partial charge in [0.05, 0.1) is 26.4 Å². The molecule has 5 heteroatoms. The van der Waals surface area contributed by atoms with Gasteiger partial charge in [0, 0.05) is 17.8 Å². The van der Waals surface area contributed by atoms with Gasteiger partial charge in [0.15, 0.2) is 5.78 Å². The summed E-state index contributed by atoms with van der Waals surface area (Å²) in [5, 5.41) is 11.4. The molecule has 0 atom stereocenters. The molecule has 0 amide bonds. The number of nitrogen functional groups attached to an aromatic ring is 1. The predicted molar refractivity (Wildman–Crippen MR) is 66.0 cm³/mol. The molecule has 0 aliphatic rings. The Balaban J connectivity index is 2.21. The minimum absolute atomic E-state index is 0.000502. The quantitative estimate of drug-likeness (QED) is 0.338. The second kappa shape index (κ2) is 7.78. The number of carbonyl (C=O) groups excluding carboxylic acids is 1. The number of benzene rings is 1. The third-order valence-corrected chi connectivity index (χ3v) is 2.15. The van der Waals surface area contributed by atoms with Gasteiger partial charge in [-0.3, -0.25) is 4.79 Å². The zero-order valence-electron chi connectivity index (χ0n) is 9.69. The second-order valence-electron chi connectivity index (χ2n) is 3.56. The van der Waals surface area contributed by atoms with Gasteiger partial charge >= 0.3 is 0 Å². The number of hydrogen-bond acceptors (Lipinski definition) is 5. The summed E-state index contributed by atoms with van der Waals surface area (Å²) < 4.78 is 5.05. The van der Waals surface area contributed by atoms with Crippen molar-refractivity contribution in [1.82, 2.24) is 5.32 Å². The fraction of sp³-hybridized carbons (Fsp3) is 0.417. The van der Waals surface area contributed by atoms with E-state index in [9.17, 15) is 4.79 Å². The van der Waals surface area contributed by atoms with Crippen LogP contribution >= 0.6 is 0 Å². The molecule has 1 aromatic rings. The molecule has 0 saturated heterocycles. The van der Waals surface area contributed by atoms with E-state index < -0.39 is 0 Å². The lowest BCUT2D eigenvalue weighted by molar-refractivity contribution is 0.0906. The number of Topliss-reactive ketones (excluding diaryl/α,β-unsaturated/α-hetero) is 1. The Hall–Kier alpha value is -1.43. The Labute approximate surface area is 101 Å². The largest absolute Gasteiger partial charge is 0.399 e. The van der Waals surface area contributed by atoms with Crippen LogP contribution in [0.15, 0.2) is 24.3 Å². The van der Waals surface area contributed by atoms with Crippen molar-refractivity contribution in [1.29, 1.82) is 0 Å². The molecule has 0 aliphatic heterocycles. The standard InChI is InChI=1S/C12H18N2O3/c13-11-3-1-2-10(8-11)12(16)9-14-4-6-17-7-5-15/h1-3,8,14-15H,4-7,9,13H2. The second-order valence-corrected chi connectivity index (χ2v) is 3.56. The third kappa shape index (κ3) is 5.44. The summed E-state index contributed by atoms with van der Waals surface area (Å²) in [6.07, 6.45) is 0. The summed E-state index contributed by atoms with van der Waals surface area (Å²) in [5.41, 5.74) is 6.78. The molecule has 17 heavy (non-hydrogen) atoms. The fourth-order valence-corrected chi connectivity index (χ4v) is 1.33. The Bertz CT molecular complexity index is 355. The van der Waals surface area contributed by atoms with Crippen molar-refractivity contribution < 1.29 is 14.6 Å². The lowest BCUT2D eigenvalue weighted by Gasteiger charge is -2.05. The van der Waals surface area contributed by atoms with Gasteiger partial charge in [0.1, 0.15) is 0 Å². The monoisotopic (exact) mass is 238 g/mol. The molecule has 0 fully saturated rings. The van der Waals surface area contributed by atoms with Crippen molar-refractivity contribution in [2.45, 2.75) is 0 Å². The summed E-state index contributed by atoms with van der Waals surface area (Å²) in [4.78, 5) is 11.7. The number of carbonyl (C=O) groups is 1.